The Labute approximate surface area is 203 Å². The van der Waals surface area contributed by atoms with Crippen LogP contribution in [0.3, 0.4) is 0 Å². The molecule has 0 aromatic heterocycles. The maximum absolute atomic E-state index is 13.6. The van der Waals surface area contributed by atoms with E-state index in [1.54, 1.807) is 0 Å². The highest BCUT2D eigenvalue weighted by molar-refractivity contribution is 6.51. The number of phenolic OH excluding ortho intramolecular Hbond substituents is 1. The minimum Gasteiger partial charge on any atom is -0.507 e. The van der Waals surface area contributed by atoms with Crippen LogP contribution in [0.25, 0.3) is 5.76 Å². The molecule has 2 N–H and O–H groups in total. The lowest BCUT2D eigenvalue weighted by Gasteiger charge is -2.25. The number of benzene rings is 3. The Bertz CT molecular complexity index is 1420. The Balaban J connectivity index is 1.98. The summed E-state index contributed by atoms with van der Waals surface area (Å²) in [6.07, 6.45) is 0. The van der Waals surface area contributed by atoms with Crippen molar-refractivity contribution in [3.63, 3.8) is 0 Å². The largest absolute Gasteiger partial charge is 0.507 e. The van der Waals surface area contributed by atoms with Crippen LogP contribution in [-0.2, 0) is 9.59 Å². The minimum absolute atomic E-state index is 0.0602. The van der Waals surface area contributed by atoms with Crippen molar-refractivity contribution in [3.05, 3.63) is 93.3 Å². The highest BCUT2D eigenvalue weighted by Gasteiger charge is 2.47. The van der Waals surface area contributed by atoms with E-state index in [1.807, 2.05) is 0 Å². The Morgan fingerprint density at radius 3 is 2.28 bits per heavy atom. The number of hydrogen-bond acceptors (Lipinski definition) is 8. The Morgan fingerprint density at radius 2 is 1.67 bits per heavy atom. The zero-order valence-corrected chi connectivity index (χ0v) is 19.0. The van der Waals surface area contributed by atoms with Gasteiger partial charge in [-0.15, -0.1) is 0 Å². The first-order valence-corrected chi connectivity index (χ1v) is 10.4. The Kier molecular flexibility index (Phi) is 6.30. The van der Waals surface area contributed by atoms with Crippen molar-refractivity contribution in [1.29, 1.82) is 0 Å². The van der Waals surface area contributed by atoms with E-state index in [1.165, 1.54) is 50.6 Å². The molecule has 11 heteroatoms. The highest BCUT2D eigenvalue weighted by atomic mass is 19.1. The lowest BCUT2D eigenvalue weighted by atomic mass is 9.94. The SMILES string of the molecule is COc1ccc(/C(O)=C2/C(=O)C(=O)N(c3ccc(F)cc3)C2c2ccc(O)c([N+](=O)[O-])c2)cc1OC. The van der Waals surface area contributed by atoms with Gasteiger partial charge >= 0.3 is 5.69 Å². The van der Waals surface area contributed by atoms with E-state index in [9.17, 15) is 34.3 Å². The van der Waals surface area contributed by atoms with E-state index in [2.05, 4.69) is 0 Å². The molecule has 1 heterocycles. The molecular formula is C25H19FN2O8. The number of rotatable bonds is 6. The number of amides is 1. The smallest absolute Gasteiger partial charge is 0.311 e. The summed E-state index contributed by atoms with van der Waals surface area (Å²) in [6, 6.07) is 11.0. The Morgan fingerprint density at radius 1 is 1.00 bits per heavy atom. The third kappa shape index (κ3) is 4.06. The van der Waals surface area contributed by atoms with Gasteiger partial charge in [0.1, 0.15) is 11.6 Å². The van der Waals surface area contributed by atoms with Crippen LogP contribution in [0.4, 0.5) is 15.8 Å². The summed E-state index contributed by atoms with van der Waals surface area (Å²) in [5.41, 5.74) is -0.737. The molecule has 184 valence electrons. The molecule has 0 saturated carbocycles. The number of aliphatic hydroxyl groups is 1. The molecule has 10 nitrogen and oxygen atoms in total. The van der Waals surface area contributed by atoms with Gasteiger partial charge in [-0.05, 0) is 54.1 Å². The molecule has 36 heavy (non-hydrogen) atoms. The number of phenols is 1. The zero-order valence-electron chi connectivity index (χ0n) is 19.0. The van der Waals surface area contributed by atoms with Crippen molar-refractivity contribution in [2.75, 3.05) is 19.1 Å². The first kappa shape index (κ1) is 24.2. The van der Waals surface area contributed by atoms with Crippen LogP contribution >= 0.6 is 0 Å². The summed E-state index contributed by atoms with van der Waals surface area (Å²) in [6.45, 7) is 0. The fourth-order valence-corrected chi connectivity index (χ4v) is 4.01. The van der Waals surface area contributed by atoms with Gasteiger partial charge in [0.2, 0.25) is 0 Å². The second-order valence-electron chi connectivity index (χ2n) is 7.72. The monoisotopic (exact) mass is 494 g/mol. The minimum atomic E-state index is -1.33. The third-order valence-corrected chi connectivity index (χ3v) is 5.72. The first-order chi connectivity index (χ1) is 17.2. The predicted molar refractivity (Wildman–Crippen MR) is 125 cm³/mol. The molecule has 1 atom stereocenters. The molecule has 0 bridgehead atoms. The molecule has 4 rings (SSSR count). The Hall–Kier alpha value is -4.93. The number of nitro benzene ring substituents is 1. The number of nitrogens with zero attached hydrogens (tertiary/aromatic N) is 2. The molecule has 1 fully saturated rings. The summed E-state index contributed by atoms with van der Waals surface area (Å²) in [5.74, 6) is -3.28. The zero-order chi connectivity index (χ0) is 26.1. The lowest BCUT2D eigenvalue weighted by molar-refractivity contribution is -0.385. The molecule has 1 unspecified atom stereocenters. The standard InChI is InChI=1S/C25H19FN2O8/c1-35-19-10-4-14(12-20(19)36-2)23(30)21-22(13-3-9-18(29)17(11-13)28(33)34)27(25(32)24(21)31)16-7-5-15(26)6-8-16/h3-12,22,29-30H,1-2H3/b23-21-. The molecule has 0 aliphatic carbocycles. The lowest BCUT2D eigenvalue weighted by Crippen LogP contribution is -2.29. The number of methoxy groups -OCH3 is 2. The highest BCUT2D eigenvalue weighted by Crippen LogP contribution is 2.44. The topological polar surface area (TPSA) is 139 Å². The number of aromatic hydroxyl groups is 1. The van der Waals surface area contributed by atoms with Crippen LogP contribution in [0.1, 0.15) is 17.2 Å². The van der Waals surface area contributed by atoms with E-state index >= 15 is 0 Å². The molecule has 1 aliphatic heterocycles. The molecule has 0 spiro atoms. The van der Waals surface area contributed by atoms with Crippen LogP contribution in [0, 0.1) is 15.9 Å². The van der Waals surface area contributed by atoms with E-state index in [0.29, 0.717) is 5.75 Å². The van der Waals surface area contributed by atoms with Crippen molar-refractivity contribution in [2.24, 2.45) is 0 Å². The third-order valence-electron chi connectivity index (χ3n) is 5.72. The van der Waals surface area contributed by atoms with Crippen LogP contribution in [-0.4, -0.2) is 41.0 Å². The molecule has 1 saturated heterocycles. The van der Waals surface area contributed by atoms with Crippen molar-refractivity contribution in [3.8, 4) is 17.2 Å². The number of aliphatic hydroxyl groups excluding tert-OH is 1. The van der Waals surface area contributed by atoms with Crippen molar-refractivity contribution >= 4 is 28.8 Å². The van der Waals surface area contributed by atoms with E-state index in [0.717, 1.165) is 29.2 Å². The average molecular weight is 494 g/mol. The maximum atomic E-state index is 13.6. The second kappa shape index (κ2) is 9.37. The van der Waals surface area contributed by atoms with E-state index < -0.39 is 45.7 Å². The van der Waals surface area contributed by atoms with Crippen molar-refractivity contribution < 1.29 is 38.6 Å². The number of ether oxygens (including phenoxy) is 2. The summed E-state index contributed by atoms with van der Waals surface area (Å²) < 4.78 is 24.0. The first-order valence-electron chi connectivity index (χ1n) is 10.4. The summed E-state index contributed by atoms with van der Waals surface area (Å²) in [5, 5.41) is 32.6. The maximum Gasteiger partial charge on any atom is 0.311 e. The van der Waals surface area contributed by atoms with Gasteiger partial charge in [-0.1, -0.05) is 6.07 Å². The van der Waals surface area contributed by atoms with E-state index in [4.69, 9.17) is 9.47 Å². The van der Waals surface area contributed by atoms with Gasteiger partial charge in [0, 0.05) is 17.3 Å². The quantitative estimate of drug-likeness (QED) is 0.172. The number of carbonyl (C=O) groups excluding carboxylic acids is 2. The molecule has 3 aromatic carbocycles. The fourth-order valence-electron chi connectivity index (χ4n) is 4.01. The van der Waals surface area contributed by atoms with Crippen molar-refractivity contribution in [1.82, 2.24) is 0 Å². The average Bonchev–Trinajstić information content (AvgIpc) is 3.14. The number of nitro groups is 1. The van der Waals surface area contributed by atoms with Gasteiger partial charge in [0.25, 0.3) is 11.7 Å². The number of halogens is 1. The molecule has 1 amide bonds. The van der Waals surface area contributed by atoms with Gasteiger partial charge in [0.15, 0.2) is 17.2 Å². The summed E-state index contributed by atoms with van der Waals surface area (Å²) in [7, 11) is 2.80. The van der Waals surface area contributed by atoms with Gasteiger partial charge in [-0.25, -0.2) is 4.39 Å². The number of ketones is 1. The van der Waals surface area contributed by atoms with Crippen LogP contribution in [0.15, 0.2) is 66.2 Å². The van der Waals surface area contributed by atoms with Crippen LogP contribution in [0.2, 0.25) is 0 Å². The van der Waals surface area contributed by atoms with Gasteiger partial charge in [-0.3, -0.25) is 24.6 Å². The number of anilines is 1. The van der Waals surface area contributed by atoms with E-state index in [-0.39, 0.29) is 28.1 Å². The molecule has 1 aliphatic rings. The predicted octanol–water partition coefficient (Wildman–Crippen LogP) is 4.08. The number of carbonyl (C=O) groups is 2. The molecular weight excluding hydrogens is 475 g/mol. The van der Waals surface area contributed by atoms with Crippen molar-refractivity contribution in [2.45, 2.75) is 6.04 Å². The second-order valence-corrected chi connectivity index (χ2v) is 7.72. The molecule has 0 radical (unpaired) electrons. The fraction of sp³-hybridized carbons (Fsp3) is 0.120. The van der Waals surface area contributed by atoms with Crippen LogP contribution in [0.5, 0.6) is 17.2 Å². The molecule has 3 aromatic rings. The summed E-state index contributed by atoms with van der Waals surface area (Å²) >= 11 is 0. The van der Waals surface area contributed by atoms with Gasteiger partial charge < -0.3 is 19.7 Å². The normalized spacial score (nSPS) is 16.8. The summed E-state index contributed by atoms with van der Waals surface area (Å²) in [4.78, 5) is 38.0. The van der Waals surface area contributed by atoms with Gasteiger partial charge in [0.05, 0.1) is 30.8 Å². The number of Topliss-reactive ketones (excluding diaryl/α,β-unsaturated/α-hetero) is 1. The van der Waals surface area contributed by atoms with Gasteiger partial charge in [-0.2, -0.15) is 0 Å². The van der Waals surface area contributed by atoms with Crippen LogP contribution < -0.4 is 14.4 Å². The number of hydrogen-bond donors (Lipinski definition) is 2.